The summed E-state index contributed by atoms with van der Waals surface area (Å²) in [6.07, 6.45) is 4.39. The molecule has 0 aliphatic heterocycles. The largest absolute Gasteiger partial charge is 0.495 e. The molecule has 0 radical (unpaired) electrons. The highest BCUT2D eigenvalue weighted by molar-refractivity contribution is 6.32. The molecule has 8 heteroatoms. The van der Waals surface area contributed by atoms with E-state index in [1.807, 2.05) is 30.3 Å². The molecule has 1 aromatic heterocycles. The van der Waals surface area contributed by atoms with Crippen molar-refractivity contribution in [2.45, 2.75) is 6.54 Å². The van der Waals surface area contributed by atoms with Gasteiger partial charge in [0.25, 0.3) is 0 Å². The normalized spacial score (nSPS) is 10.8. The van der Waals surface area contributed by atoms with E-state index in [4.69, 9.17) is 21.1 Å². The topological polar surface area (TPSA) is 83.3 Å². The van der Waals surface area contributed by atoms with E-state index in [0.717, 1.165) is 5.56 Å². The number of hydrogen-bond donors (Lipinski definition) is 0. The minimum Gasteiger partial charge on any atom is -0.495 e. The fourth-order valence-electron chi connectivity index (χ4n) is 2.50. The van der Waals surface area contributed by atoms with Crippen molar-refractivity contribution in [3.63, 3.8) is 0 Å². The highest BCUT2D eigenvalue weighted by atomic mass is 35.5. The lowest BCUT2D eigenvalue weighted by molar-refractivity contribution is -0.136. The molecule has 1 heterocycles. The summed E-state index contributed by atoms with van der Waals surface area (Å²) in [6, 6.07) is 14.4. The predicted octanol–water partition coefficient (Wildman–Crippen LogP) is 3.43. The number of ether oxygens (including phenoxy) is 2. The molecule has 3 aromatic rings. The minimum absolute atomic E-state index is 0.308. The van der Waals surface area contributed by atoms with Crippen molar-refractivity contribution >= 4 is 29.4 Å². The van der Waals surface area contributed by atoms with Gasteiger partial charge in [-0.3, -0.25) is 4.79 Å². The number of ketones is 1. The van der Waals surface area contributed by atoms with E-state index < -0.39 is 12.6 Å². The Kier molecular flexibility index (Phi) is 6.76. The minimum atomic E-state index is -0.657. The van der Waals surface area contributed by atoms with Crippen LogP contribution in [0.5, 0.6) is 5.75 Å². The fourth-order valence-corrected chi connectivity index (χ4v) is 2.76. The number of carbonyl (C=O) groups is 2. The van der Waals surface area contributed by atoms with Gasteiger partial charge in [-0.15, -0.1) is 5.10 Å². The average Bonchev–Trinajstić information content (AvgIpc) is 3.18. The first-order valence-electron chi connectivity index (χ1n) is 8.71. The Bertz CT molecular complexity index is 1030. The number of rotatable bonds is 8. The third-order valence-corrected chi connectivity index (χ3v) is 4.25. The van der Waals surface area contributed by atoms with Gasteiger partial charge in [0.1, 0.15) is 11.4 Å². The van der Waals surface area contributed by atoms with E-state index in [2.05, 4.69) is 10.3 Å². The zero-order valence-electron chi connectivity index (χ0n) is 15.6. The summed E-state index contributed by atoms with van der Waals surface area (Å²) >= 11 is 6.00. The van der Waals surface area contributed by atoms with Crippen molar-refractivity contribution in [1.29, 1.82) is 0 Å². The third kappa shape index (κ3) is 5.76. The lowest BCUT2D eigenvalue weighted by Gasteiger charge is -2.05. The summed E-state index contributed by atoms with van der Waals surface area (Å²) in [5, 5.41) is 8.30. The SMILES string of the molecule is COc1ccc(C(=O)COC(=O)/C=C/c2cn(Cc3ccccc3)nn2)cc1Cl. The molecule has 7 nitrogen and oxygen atoms in total. The van der Waals surface area contributed by atoms with Gasteiger partial charge in [-0.2, -0.15) is 0 Å². The van der Waals surface area contributed by atoms with Crippen molar-refractivity contribution < 1.29 is 19.1 Å². The van der Waals surface area contributed by atoms with Crippen molar-refractivity contribution in [1.82, 2.24) is 15.0 Å². The van der Waals surface area contributed by atoms with E-state index in [-0.39, 0.29) is 5.78 Å². The summed E-state index contributed by atoms with van der Waals surface area (Å²) < 4.78 is 11.7. The number of Topliss-reactive ketones (excluding diaryl/α,β-unsaturated/α-hetero) is 1. The van der Waals surface area contributed by atoms with Gasteiger partial charge in [0.15, 0.2) is 12.4 Å². The number of hydrogen-bond acceptors (Lipinski definition) is 6. The van der Waals surface area contributed by atoms with Gasteiger partial charge in [-0.05, 0) is 29.8 Å². The molecule has 0 aliphatic carbocycles. The summed E-state index contributed by atoms with van der Waals surface area (Å²) in [5.41, 5.74) is 1.92. The van der Waals surface area contributed by atoms with Crippen LogP contribution >= 0.6 is 11.6 Å². The zero-order valence-corrected chi connectivity index (χ0v) is 16.4. The second kappa shape index (κ2) is 9.66. The van der Waals surface area contributed by atoms with E-state index >= 15 is 0 Å². The second-order valence-corrected chi connectivity index (χ2v) is 6.45. The Morgan fingerprint density at radius 1 is 1.17 bits per heavy atom. The van der Waals surface area contributed by atoms with E-state index in [1.54, 1.807) is 23.0 Å². The van der Waals surface area contributed by atoms with Crippen LogP contribution in [-0.2, 0) is 16.1 Å². The number of nitrogens with zero attached hydrogens (tertiary/aromatic N) is 3. The lowest BCUT2D eigenvalue weighted by atomic mass is 10.1. The molecule has 0 amide bonds. The van der Waals surface area contributed by atoms with Crippen LogP contribution in [0.4, 0.5) is 0 Å². The van der Waals surface area contributed by atoms with Crippen LogP contribution in [0.1, 0.15) is 21.6 Å². The summed E-state index contributed by atoms with van der Waals surface area (Å²) in [7, 11) is 1.48. The van der Waals surface area contributed by atoms with Crippen molar-refractivity contribution in [2.75, 3.05) is 13.7 Å². The maximum absolute atomic E-state index is 12.1. The van der Waals surface area contributed by atoms with Crippen LogP contribution in [0.25, 0.3) is 6.08 Å². The maximum atomic E-state index is 12.1. The Morgan fingerprint density at radius 2 is 1.97 bits per heavy atom. The van der Waals surface area contributed by atoms with Gasteiger partial charge in [-0.1, -0.05) is 47.1 Å². The van der Waals surface area contributed by atoms with Gasteiger partial charge in [-0.25, -0.2) is 9.48 Å². The number of aromatic nitrogens is 3. The standard InChI is InChI=1S/C21H18ClN3O4/c1-28-20-9-7-16(11-18(20)22)19(26)14-29-21(27)10-8-17-13-25(24-23-17)12-15-5-3-2-4-6-15/h2-11,13H,12,14H2,1H3/b10-8+. The van der Waals surface area contributed by atoms with Crippen LogP contribution in [0.3, 0.4) is 0 Å². The molecule has 0 saturated heterocycles. The number of halogens is 1. The first kappa shape index (κ1) is 20.3. The van der Waals surface area contributed by atoms with Crippen LogP contribution in [0.2, 0.25) is 5.02 Å². The molecule has 0 unspecified atom stereocenters. The quantitative estimate of drug-likeness (QED) is 0.321. The average molecular weight is 412 g/mol. The summed E-state index contributed by atoms with van der Waals surface area (Å²) in [4.78, 5) is 24.0. The Balaban J connectivity index is 1.51. The van der Waals surface area contributed by atoms with Gasteiger partial charge >= 0.3 is 5.97 Å². The van der Waals surface area contributed by atoms with E-state index in [9.17, 15) is 9.59 Å². The molecule has 0 N–H and O–H groups in total. The number of esters is 1. The predicted molar refractivity (Wildman–Crippen MR) is 108 cm³/mol. The van der Waals surface area contributed by atoms with Gasteiger partial charge in [0, 0.05) is 11.6 Å². The summed E-state index contributed by atoms with van der Waals surface area (Å²) in [6.45, 7) is 0.178. The highest BCUT2D eigenvalue weighted by Crippen LogP contribution is 2.25. The fraction of sp³-hybridized carbons (Fsp3) is 0.143. The molecule has 0 saturated carbocycles. The van der Waals surface area contributed by atoms with Crippen molar-refractivity contribution in [3.05, 3.63) is 82.6 Å². The summed E-state index contributed by atoms with van der Waals surface area (Å²) in [5.74, 6) is -0.566. The highest BCUT2D eigenvalue weighted by Gasteiger charge is 2.11. The molecule has 3 rings (SSSR count). The molecular formula is C21H18ClN3O4. The number of carbonyl (C=O) groups excluding carboxylic acids is 2. The first-order chi connectivity index (χ1) is 14.0. The molecule has 2 aromatic carbocycles. The second-order valence-electron chi connectivity index (χ2n) is 6.04. The monoisotopic (exact) mass is 411 g/mol. The third-order valence-electron chi connectivity index (χ3n) is 3.95. The van der Waals surface area contributed by atoms with Crippen molar-refractivity contribution in [2.24, 2.45) is 0 Å². The van der Waals surface area contributed by atoms with E-state index in [1.165, 1.54) is 25.3 Å². The van der Waals surface area contributed by atoms with E-state index in [0.29, 0.717) is 28.6 Å². The molecule has 148 valence electrons. The molecule has 0 spiro atoms. The number of benzene rings is 2. The number of methoxy groups -OCH3 is 1. The first-order valence-corrected chi connectivity index (χ1v) is 9.08. The molecular weight excluding hydrogens is 394 g/mol. The molecule has 29 heavy (non-hydrogen) atoms. The Hall–Kier alpha value is -3.45. The van der Waals surface area contributed by atoms with Crippen LogP contribution in [0.15, 0.2) is 60.8 Å². The smallest absolute Gasteiger partial charge is 0.331 e. The Labute approximate surface area is 172 Å². The lowest BCUT2D eigenvalue weighted by Crippen LogP contribution is -2.12. The molecule has 0 aliphatic rings. The van der Waals surface area contributed by atoms with Gasteiger partial charge in [0.2, 0.25) is 0 Å². The maximum Gasteiger partial charge on any atom is 0.331 e. The van der Waals surface area contributed by atoms with Gasteiger partial charge < -0.3 is 9.47 Å². The molecule has 0 atom stereocenters. The van der Waals surface area contributed by atoms with Gasteiger partial charge in [0.05, 0.1) is 24.9 Å². The zero-order chi connectivity index (χ0) is 20.6. The van der Waals surface area contributed by atoms with Crippen LogP contribution in [-0.4, -0.2) is 40.5 Å². The van der Waals surface area contributed by atoms with Crippen LogP contribution < -0.4 is 4.74 Å². The molecule has 0 fully saturated rings. The molecule has 0 bridgehead atoms. The van der Waals surface area contributed by atoms with Crippen LogP contribution in [0, 0.1) is 0 Å². The Morgan fingerprint density at radius 3 is 2.69 bits per heavy atom. The van der Waals surface area contributed by atoms with Crippen molar-refractivity contribution in [3.8, 4) is 5.75 Å².